The third kappa shape index (κ3) is 5.04. The summed E-state index contributed by atoms with van der Waals surface area (Å²) in [6, 6.07) is 6.71. The SMILES string of the molecule is O=C([O-])c1cc(NC(=O)C2(c3ccc(C(F)(F)F)cc3F)CC2)ccc1-c1cnn(C2CCC2)c1.[K+]. The van der Waals surface area contributed by atoms with Gasteiger partial charge in [0, 0.05) is 28.6 Å². The molecule has 2 aliphatic rings. The van der Waals surface area contributed by atoms with Crippen LogP contribution in [0.1, 0.15) is 59.6 Å². The normalized spacial score (nSPS) is 16.6. The zero-order valence-corrected chi connectivity index (χ0v) is 22.5. The summed E-state index contributed by atoms with van der Waals surface area (Å²) >= 11 is 0. The number of nitrogens with one attached hydrogen (secondary N) is 1. The van der Waals surface area contributed by atoms with Crippen LogP contribution in [0.2, 0.25) is 0 Å². The van der Waals surface area contributed by atoms with Crippen LogP contribution in [0.25, 0.3) is 11.1 Å². The van der Waals surface area contributed by atoms with E-state index in [1.54, 1.807) is 12.4 Å². The van der Waals surface area contributed by atoms with Crippen molar-refractivity contribution in [2.45, 2.75) is 49.7 Å². The van der Waals surface area contributed by atoms with Crippen molar-refractivity contribution in [1.29, 1.82) is 0 Å². The van der Waals surface area contributed by atoms with E-state index in [4.69, 9.17) is 0 Å². The van der Waals surface area contributed by atoms with Crippen LogP contribution in [-0.2, 0) is 16.4 Å². The molecule has 0 unspecified atom stereocenters. The summed E-state index contributed by atoms with van der Waals surface area (Å²) in [5.41, 5.74) is -1.58. The average molecular weight is 526 g/mol. The molecule has 5 rings (SSSR count). The molecule has 182 valence electrons. The molecule has 0 aliphatic heterocycles. The minimum Gasteiger partial charge on any atom is -0.545 e. The predicted molar refractivity (Wildman–Crippen MR) is 116 cm³/mol. The van der Waals surface area contributed by atoms with Crippen LogP contribution in [0.5, 0.6) is 0 Å². The van der Waals surface area contributed by atoms with Gasteiger partial charge in [-0.1, -0.05) is 12.1 Å². The molecule has 3 aromatic rings. The molecule has 2 saturated carbocycles. The zero-order valence-electron chi connectivity index (χ0n) is 19.4. The summed E-state index contributed by atoms with van der Waals surface area (Å²) in [5.74, 6) is -3.17. The molecule has 2 aromatic carbocycles. The Morgan fingerprint density at radius 3 is 2.39 bits per heavy atom. The Bertz CT molecular complexity index is 1330. The Morgan fingerprint density at radius 2 is 1.83 bits per heavy atom. The summed E-state index contributed by atoms with van der Waals surface area (Å²) in [5, 5.41) is 18.7. The van der Waals surface area contributed by atoms with Crippen LogP contribution in [0.4, 0.5) is 23.2 Å². The van der Waals surface area contributed by atoms with Crippen molar-refractivity contribution in [3.63, 3.8) is 0 Å². The molecule has 2 fully saturated rings. The number of anilines is 1. The number of amides is 1. The number of alkyl halides is 3. The fourth-order valence-corrected chi connectivity index (χ4v) is 4.44. The minimum atomic E-state index is -4.70. The number of benzene rings is 2. The standard InChI is InChI=1S/C25H21F4N3O3.K/c26-21-10-15(25(27,28)29)4-7-20(21)24(8-9-24)23(35)31-16-5-6-18(19(11-16)22(33)34)14-12-30-32(13-14)17-2-1-3-17;/h4-7,10-13,17H,1-3,8-9H2,(H,31,35)(H,33,34);/q;+1/p-1. The Kier molecular flexibility index (Phi) is 7.51. The first-order valence-electron chi connectivity index (χ1n) is 11.2. The van der Waals surface area contributed by atoms with Crippen LogP contribution >= 0.6 is 0 Å². The van der Waals surface area contributed by atoms with Gasteiger partial charge >= 0.3 is 57.6 Å². The van der Waals surface area contributed by atoms with Crippen LogP contribution in [0.15, 0.2) is 48.8 Å². The monoisotopic (exact) mass is 525 g/mol. The van der Waals surface area contributed by atoms with Crippen molar-refractivity contribution in [3.8, 4) is 11.1 Å². The second-order valence-corrected chi connectivity index (χ2v) is 9.07. The first-order chi connectivity index (χ1) is 16.6. The summed E-state index contributed by atoms with van der Waals surface area (Å²) in [6.07, 6.45) is 2.31. The number of carboxylic acid groups (broad SMARTS) is 1. The number of carbonyl (C=O) groups is 2. The second kappa shape index (κ2) is 10.0. The minimum absolute atomic E-state index is 0. The molecule has 1 heterocycles. The van der Waals surface area contributed by atoms with Crippen molar-refractivity contribution >= 4 is 17.6 Å². The third-order valence-corrected chi connectivity index (χ3v) is 6.86. The van der Waals surface area contributed by atoms with Crippen LogP contribution in [0, 0.1) is 5.82 Å². The van der Waals surface area contributed by atoms with E-state index >= 15 is 0 Å². The van der Waals surface area contributed by atoms with Gasteiger partial charge in [0.2, 0.25) is 5.91 Å². The number of aromatic carboxylic acids is 1. The van der Waals surface area contributed by atoms with Crippen LogP contribution < -0.4 is 61.8 Å². The maximum atomic E-state index is 14.5. The predicted octanol–water partition coefficient (Wildman–Crippen LogP) is 1.47. The molecule has 1 amide bonds. The summed E-state index contributed by atoms with van der Waals surface area (Å²) in [7, 11) is 0. The first-order valence-corrected chi connectivity index (χ1v) is 11.2. The van der Waals surface area contributed by atoms with Gasteiger partial charge in [-0.3, -0.25) is 9.48 Å². The average Bonchev–Trinajstić information content (AvgIpc) is 3.43. The van der Waals surface area contributed by atoms with Gasteiger partial charge in [-0.05, 0) is 61.9 Å². The van der Waals surface area contributed by atoms with Crippen LogP contribution in [-0.4, -0.2) is 21.7 Å². The van der Waals surface area contributed by atoms with Gasteiger partial charge < -0.3 is 15.2 Å². The van der Waals surface area contributed by atoms with Gasteiger partial charge in [-0.2, -0.15) is 18.3 Å². The van der Waals surface area contributed by atoms with Gasteiger partial charge in [0.1, 0.15) is 5.82 Å². The maximum Gasteiger partial charge on any atom is 1.00 e. The van der Waals surface area contributed by atoms with Crippen molar-refractivity contribution in [2.24, 2.45) is 0 Å². The van der Waals surface area contributed by atoms with Crippen LogP contribution in [0.3, 0.4) is 0 Å². The summed E-state index contributed by atoms with van der Waals surface area (Å²) in [6.45, 7) is 0. The van der Waals surface area contributed by atoms with E-state index in [1.165, 1.54) is 18.2 Å². The summed E-state index contributed by atoms with van der Waals surface area (Å²) in [4.78, 5) is 24.8. The smallest absolute Gasteiger partial charge is 0.545 e. The van der Waals surface area contributed by atoms with E-state index in [1.807, 2.05) is 4.68 Å². The number of halogens is 4. The number of carbonyl (C=O) groups excluding carboxylic acids is 2. The Hall–Kier alpha value is -2.05. The number of carboxylic acids is 1. The molecule has 0 radical (unpaired) electrons. The number of rotatable bonds is 6. The second-order valence-electron chi connectivity index (χ2n) is 9.07. The van der Waals surface area contributed by atoms with Gasteiger partial charge in [0.25, 0.3) is 0 Å². The molecule has 0 saturated heterocycles. The first kappa shape index (κ1) is 27.0. The molecule has 0 spiro atoms. The zero-order chi connectivity index (χ0) is 25.0. The van der Waals surface area contributed by atoms with Crippen molar-refractivity contribution in [2.75, 3.05) is 5.32 Å². The van der Waals surface area contributed by atoms with E-state index < -0.39 is 34.8 Å². The van der Waals surface area contributed by atoms with Crippen molar-refractivity contribution < 1.29 is 83.6 Å². The van der Waals surface area contributed by atoms with Gasteiger partial charge in [0.05, 0.1) is 29.2 Å². The molecule has 1 N–H and O–H groups in total. The fourth-order valence-electron chi connectivity index (χ4n) is 4.44. The van der Waals surface area contributed by atoms with E-state index in [2.05, 4.69) is 10.4 Å². The largest absolute Gasteiger partial charge is 1.00 e. The molecule has 1 aromatic heterocycles. The Labute approximate surface area is 246 Å². The molecule has 0 bridgehead atoms. The molecule has 36 heavy (non-hydrogen) atoms. The topological polar surface area (TPSA) is 87.0 Å². The summed E-state index contributed by atoms with van der Waals surface area (Å²) < 4.78 is 55.0. The maximum absolute atomic E-state index is 14.5. The van der Waals surface area contributed by atoms with Gasteiger partial charge in [-0.25, -0.2) is 4.39 Å². The molecule has 2 aliphatic carbocycles. The molecule has 6 nitrogen and oxygen atoms in total. The van der Waals surface area contributed by atoms with Gasteiger partial charge in [0.15, 0.2) is 0 Å². The van der Waals surface area contributed by atoms with Crippen molar-refractivity contribution in [3.05, 3.63) is 71.3 Å². The number of aromatic nitrogens is 2. The van der Waals surface area contributed by atoms with Gasteiger partial charge in [-0.15, -0.1) is 0 Å². The van der Waals surface area contributed by atoms with Crippen molar-refractivity contribution in [1.82, 2.24) is 9.78 Å². The number of hydrogen-bond acceptors (Lipinski definition) is 4. The number of hydrogen-bond donors (Lipinski definition) is 1. The number of nitrogens with zero attached hydrogens (tertiary/aromatic N) is 2. The van der Waals surface area contributed by atoms with E-state index in [9.17, 15) is 32.3 Å². The quantitative estimate of drug-likeness (QED) is 0.390. The fraction of sp³-hybridized carbons (Fsp3) is 0.320. The molecular weight excluding hydrogens is 505 g/mol. The Morgan fingerprint density at radius 1 is 1.11 bits per heavy atom. The third-order valence-electron chi connectivity index (χ3n) is 6.86. The molecular formula is C25H20F4KN3O3. The van der Waals surface area contributed by atoms with E-state index in [-0.39, 0.29) is 81.0 Å². The van der Waals surface area contributed by atoms with E-state index in [0.717, 1.165) is 31.4 Å². The van der Waals surface area contributed by atoms with E-state index in [0.29, 0.717) is 23.2 Å². The molecule has 11 heteroatoms. The Balaban J connectivity index is 0.00000304. The molecule has 0 atom stereocenters.